The van der Waals surface area contributed by atoms with E-state index >= 15 is 4.39 Å². The summed E-state index contributed by atoms with van der Waals surface area (Å²) in [6, 6.07) is -0.266. The van der Waals surface area contributed by atoms with Gasteiger partial charge in [0.05, 0.1) is 16.6 Å². The highest BCUT2D eigenvalue weighted by molar-refractivity contribution is 6.01. The second-order valence-electron chi connectivity index (χ2n) is 6.98. The number of carbonyl (C=O) groups excluding carboxylic acids is 1. The molecule has 1 aromatic carbocycles. The number of amides is 1. The smallest absolute Gasteiger partial charge is 0.254 e. The maximum atomic E-state index is 15.4. The second-order valence-corrected chi connectivity index (χ2v) is 6.98. The summed E-state index contributed by atoms with van der Waals surface area (Å²) in [4.78, 5) is 25.7. The van der Waals surface area contributed by atoms with Gasteiger partial charge in [0.25, 0.3) is 5.91 Å². The summed E-state index contributed by atoms with van der Waals surface area (Å²) in [5.41, 5.74) is 15.0. The molecule has 1 amide bonds. The molecule has 0 bridgehead atoms. The van der Waals surface area contributed by atoms with Crippen molar-refractivity contribution in [1.82, 2.24) is 4.57 Å². The van der Waals surface area contributed by atoms with Gasteiger partial charge in [-0.1, -0.05) is 0 Å². The Bertz CT molecular complexity index is 999. The molecule has 9 heteroatoms. The number of anilines is 2. The highest BCUT2D eigenvalue weighted by atomic mass is 19.1. The van der Waals surface area contributed by atoms with Gasteiger partial charge in [-0.25, -0.2) is 8.78 Å². The molecule has 0 spiro atoms. The summed E-state index contributed by atoms with van der Waals surface area (Å²) in [6.07, 6.45) is 3.38. The van der Waals surface area contributed by atoms with E-state index in [0.29, 0.717) is 19.5 Å². The highest BCUT2D eigenvalue weighted by Crippen LogP contribution is 2.42. The Morgan fingerprint density at radius 1 is 1.19 bits per heavy atom. The third-order valence-electron chi connectivity index (χ3n) is 5.11. The van der Waals surface area contributed by atoms with Crippen molar-refractivity contribution in [3.63, 3.8) is 0 Å². The number of nitrogens with two attached hydrogens (primary N) is 3. The SMILES string of the molecule is NC(=O)c1cn(C2CC2)c2c(F)c(N3CCC(N)C3)c(F)c(N)c2c1=O. The van der Waals surface area contributed by atoms with E-state index in [1.54, 1.807) is 0 Å². The Balaban J connectivity index is 2.09. The van der Waals surface area contributed by atoms with Gasteiger partial charge >= 0.3 is 0 Å². The molecule has 26 heavy (non-hydrogen) atoms. The van der Waals surface area contributed by atoms with Crippen LogP contribution in [0.1, 0.15) is 35.7 Å². The standard InChI is InChI=1S/C17H19F2N5O2/c18-11-13(21)10-14(12(19)15(11)23-4-3-7(20)5-23)24(8-1-2-8)6-9(16(10)25)17(22)26/h6-8H,1-5,20-21H2,(H2,22,26). The van der Waals surface area contributed by atoms with Gasteiger partial charge in [-0.2, -0.15) is 0 Å². The minimum Gasteiger partial charge on any atom is -0.396 e. The first-order chi connectivity index (χ1) is 12.3. The number of hydrogen-bond acceptors (Lipinski definition) is 5. The van der Waals surface area contributed by atoms with Crippen LogP contribution in [0.3, 0.4) is 0 Å². The summed E-state index contributed by atoms with van der Waals surface area (Å²) >= 11 is 0. The zero-order valence-corrected chi connectivity index (χ0v) is 14.0. The Labute approximate surface area is 147 Å². The number of nitrogen functional groups attached to an aromatic ring is 1. The minimum atomic E-state index is -1.01. The van der Waals surface area contributed by atoms with Gasteiger partial charge < -0.3 is 26.7 Å². The number of aromatic nitrogens is 1. The van der Waals surface area contributed by atoms with Crippen LogP contribution in [0.5, 0.6) is 0 Å². The molecule has 1 aliphatic carbocycles. The predicted octanol–water partition coefficient (Wildman–Crippen LogP) is 0.833. The number of hydrogen-bond donors (Lipinski definition) is 3. The number of carbonyl (C=O) groups is 1. The number of benzene rings is 1. The summed E-state index contributed by atoms with van der Waals surface area (Å²) in [5.74, 6) is -2.83. The third kappa shape index (κ3) is 2.34. The van der Waals surface area contributed by atoms with Crippen molar-refractivity contribution in [3.05, 3.63) is 33.6 Å². The lowest BCUT2D eigenvalue weighted by molar-refractivity contribution is 0.0998. The number of fused-ring (bicyclic) bond motifs is 1. The summed E-state index contributed by atoms with van der Waals surface area (Å²) in [6.45, 7) is 0.693. The van der Waals surface area contributed by atoms with Crippen molar-refractivity contribution < 1.29 is 13.6 Å². The van der Waals surface area contributed by atoms with Gasteiger partial charge in [0.2, 0.25) is 5.43 Å². The first-order valence-electron chi connectivity index (χ1n) is 8.46. The summed E-state index contributed by atoms with van der Waals surface area (Å²) in [7, 11) is 0. The number of rotatable bonds is 3. The average Bonchev–Trinajstić information content (AvgIpc) is 3.34. The van der Waals surface area contributed by atoms with Gasteiger partial charge in [-0.05, 0) is 19.3 Å². The van der Waals surface area contributed by atoms with E-state index in [2.05, 4.69) is 0 Å². The fraction of sp³-hybridized carbons (Fsp3) is 0.412. The fourth-order valence-electron chi connectivity index (χ4n) is 3.64. The van der Waals surface area contributed by atoms with E-state index in [0.717, 1.165) is 12.8 Å². The van der Waals surface area contributed by atoms with Crippen LogP contribution in [-0.2, 0) is 0 Å². The summed E-state index contributed by atoms with van der Waals surface area (Å²) < 4.78 is 31.8. The van der Waals surface area contributed by atoms with Crippen LogP contribution in [0.25, 0.3) is 10.9 Å². The molecular formula is C17H19F2N5O2. The lowest BCUT2D eigenvalue weighted by Crippen LogP contribution is -2.29. The lowest BCUT2D eigenvalue weighted by Gasteiger charge is -2.23. The van der Waals surface area contributed by atoms with E-state index in [1.165, 1.54) is 15.7 Å². The fourth-order valence-corrected chi connectivity index (χ4v) is 3.64. The monoisotopic (exact) mass is 363 g/mol. The first kappa shape index (κ1) is 16.8. The van der Waals surface area contributed by atoms with E-state index in [9.17, 15) is 14.0 Å². The van der Waals surface area contributed by atoms with Crippen LogP contribution in [-0.4, -0.2) is 29.6 Å². The molecule has 1 aliphatic heterocycles. The molecule has 2 heterocycles. The molecule has 1 aromatic heterocycles. The molecule has 0 radical (unpaired) electrons. The second kappa shape index (κ2) is 5.66. The van der Waals surface area contributed by atoms with Crippen LogP contribution in [0.2, 0.25) is 0 Å². The molecular weight excluding hydrogens is 344 g/mol. The van der Waals surface area contributed by atoms with Crippen molar-refractivity contribution in [2.45, 2.75) is 31.3 Å². The molecule has 1 atom stereocenters. The molecule has 2 aliphatic rings. The molecule has 1 unspecified atom stereocenters. The van der Waals surface area contributed by atoms with Crippen molar-refractivity contribution in [2.24, 2.45) is 11.5 Å². The number of pyridine rings is 1. The molecule has 4 rings (SSSR count). The van der Waals surface area contributed by atoms with Crippen molar-refractivity contribution in [1.29, 1.82) is 0 Å². The maximum absolute atomic E-state index is 15.4. The van der Waals surface area contributed by atoms with Gasteiger partial charge in [0.15, 0.2) is 11.6 Å². The van der Waals surface area contributed by atoms with E-state index in [4.69, 9.17) is 17.2 Å². The van der Waals surface area contributed by atoms with Crippen LogP contribution >= 0.6 is 0 Å². The number of primary amides is 1. The Morgan fingerprint density at radius 2 is 1.88 bits per heavy atom. The molecule has 2 fully saturated rings. The minimum absolute atomic E-state index is 0.0794. The Morgan fingerprint density at radius 3 is 2.42 bits per heavy atom. The molecule has 138 valence electrons. The van der Waals surface area contributed by atoms with Gasteiger partial charge in [-0.3, -0.25) is 9.59 Å². The molecule has 1 saturated heterocycles. The normalized spacial score (nSPS) is 20.1. The summed E-state index contributed by atoms with van der Waals surface area (Å²) in [5, 5.41) is -0.338. The van der Waals surface area contributed by atoms with Crippen molar-refractivity contribution in [3.8, 4) is 0 Å². The van der Waals surface area contributed by atoms with E-state index in [1.807, 2.05) is 0 Å². The average molecular weight is 363 g/mol. The first-order valence-corrected chi connectivity index (χ1v) is 8.46. The largest absolute Gasteiger partial charge is 0.396 e. The molecule has 2 aromatic rings. The van der Waals surface area contributed by atoms with E-state index < -0.39 is 28.7 Å². The highest BCUT2D eigenvalue weighted by Gasteiger charge is 2.33. The molecule has 6 N–H and O–H groups in total. The predicted molar refractivity (Wildman–Crippen MR) is 94.1 cm³/mol. The lowest BCUT2D eigenvalue weighted by atomic mass is 10.1. The van der Waals surface area contributed by atoms with Crippen LogP contribution in [0.4, 0.5) is 20.2 Å². The van der Waals surface area contributed by atoms with Gasteiger partial charge in [0.1, 0.15) is 11.3 Å². The topological polar surface area (TPSA) is 120 Å². The molecule has 7 nitrogen and oxygen atoms in total. The van der Waals surface area contributed by atoms with Crippen LogP contribution in [0.15, 0.2) is 11.0 Å². The zero-order valence-electron chi connectivity index (χ0n) is 14.0. The number of halogens is 2. The van der Waals surface area contributed by atoms with Crippen molar-refractivity contribution in [2.75, 3.05) is 23.7 Å². The molecule has 1 saturated carbocycles. The van der Waals surface area contributed by atoms with Crippen LogP contribution < -0.4 is 27.5 Å². The zero-order chi connectivity index (χ0) is 18.7. The van der Waals surface area contributed by atoms with Gasteiger partial charge in [0, 0.05) is 31.4 Å². The quantitative estimate of drug-likeness (QED) is 0.698. The Hall–Kier alpha value is -2.68. The Kier molecular flexibility index (Phi) is 3.65. The number of nitrogens with zero attached hydrogens (tertiary/aromatic N) is 2. The maximum Gasteiger partial charge on any atom is 0.254 e. The van der Waals surface area contributed by atoms with E-state index in [-0.39, 0.29) is 34.2 Å². The third-order valence-corrected chi connectivity index (χ3v) is 5.11. The van der Waals surface area contributed by atoms with Crippen LogP contribution in [0, 0.1) is 11.6 Å². The van der Waals surface area contributed by atoms with Gasteiger partial charge in [-0.15, -0.1) is 0 Å². The van der Waals surface area contributed by atoms with Crippen molar-refractivity contribution >= 4 is 28.2 Å².